The molecule has 0 fully saturated rings. The minimum absolute atomic E-state index is 0.254. The summed E-state index contributed by atoms with van der Waals surface area (Å²) < 4.78 is 10.7. The molecular formula is C20H18N4O3. The summed E-state index contributed by atoms with van der Waals surface area (Å²) >= 11 is 0. The van der Waals surface area contributed by atoms with Gasteiger partial charge in [-0.3, -0.25) is 4.79 Å². The van der Waals surface area contributed by atoms with Gasteiger partial charge in [0.05, 0.1) is 0 Å². The summed E-state index contributed by atoms with van der Waals surface area (Å²) in [7, 11) is 0. The number of aryl methyl sites for hydroxylation is 1. The van der Waals surface area contributed by atoms with E-state index in [0.29, 0.717) is 12.4 Å². The van der Waals surface area contributed by atoms with Crippen molar-refractivity contribution in [3.05, 3.63) is 71.4 Å². The number of hydrogen-bond donors (Lipinski definition) is 2. The molecule has 0 saturated heterocycles. The Morgan fingerprint density at radius 1 is 1.04 bits per heavy atom. The maximum Gasteiger partial charge on any atom is 0.276 e. The van der Waals surface area contributed by atoms with Gasteiger partial charge < -0.3 is 20.1 Å². The summed E-state index contributed by atoms with van der Waals surface area (Å²) in [5, 5.41) is 14.1. The van der Waals surface area contributed by atoms with Crippen LogP contribution in [0, 0.1) is 6.92 Å². The molecule has 2 heterocycles. The average Bonchev–Trinajstić information content (AvgIpc) is 3.16. The number of benzene rings is 2. The van der Waals surface area contributed by atoms with Gasteiger partial charge in [-0.15, -0.1) is 10.2 Å². The Hall–Kier alpha value is -3.61. The molecule has 0 radical (unpaired) electrons. The van der Waals surface area contributed by atoms with Crippen LogP contribution in [-0.2, 0) is 6.54 Å². The molecule has 7 nitrogen and oxygen atoms in total. The summed E-state index contributed by atoms with van der Waals surface area (Å²) in [5.41, 5.74) is 3.03. The highest BCUT2D eigenvalue weighted by Gasteiger charge is 2.13. The number of nitrogens with zero attached hydrogens (tertiary/aromatic N) is 2. The van der Waals surface area contributed by atoms with Gasteiger partial charge in [0.25, 0.3) is 5.91 Å². The Kier molecular flexibility index (Phi) is 4.57. The smallest absolute Gasteiger partial charge is 0.276 e. The molecule has 136 valence electrons. The zero-order chi connectivity index (χ0) is 18.6. The molecule has 2 aromatic carbocycles. The highest BCUT2D eigenvalue weighted by molar-refractivity contribution is 6.03. The normalized spacial score (nSPS) is 11.9. The molecule has 1 aliphatic heterocycles. The number of carbonyl (C=O) groups is 1. The van der Waals surface area contributed by atoms with Gasteiger partial charge in [-0.05, 0) is 48.4 Å². The number of amides is 1. The molecular weight excluding hydrogens is 344 g/mol. The average molecular weight is 362 g/mol. The summed E-state index contributed by atoms with van der Waals surface area (Å²) in [6.45, 7) is 2.74. The van der Waals surface area contributed by atoms with Crippen molar-refractivity contribution >= 4 is 17.4 Å². The lowest BCUT2D eigenvalue weighted by molar-refractivity contribution is 0.102. The maximum atomic E-state index is 12.3. The minimum atomic E-state index is -0.292. The molecule has 1 aliphatic rings. The third-order valence-corrected chi connectivity index (χ3v) is 4.20. The first-order chi connectivity index (χ1) is 13.2. The van der Waals surface area contributed by atoms with Crippen LogP contribution >= 0.6 is 0 Å². The number of aromatic nitrogens is 2. The number of para-hydroxylation sites is 1. The predicted molar refractivity (Wildman–Crippen MR) is 101 cm³/mol. The lowest BCUT2D eigenvalue weighted by atomic mass is 10.2. The molecule has 0 spiro atoms. The fourth-order valence-corrected chi connectivity index (χ4v) is 2.69. The van der Waals surface area contributed by atoms with E-state index in [1.54, 1.807) is 12.1 Å². The van der Waals surface area contributed by atoms with E-state index in [9.17, 15) is 4.79 Å². The van der Waals surface area contributed by atoms with Gasteiger partial charge in [0.1, 0.15) is 5.82 Å². The van der Waals surface area contributed by atoms with E-state index in [2.05, 4.69) is 20.8 Å². The maximum absolute atomic E-state index is 12.3. The first kappa shape index (κ1) is 16.8. The third kappa shape index (κ3) is 3.82. The summed E-state index contributed by atoms with van der Waals surface area (Å²) in [5.74, 6) is 1.78. The molecule has 1 aromatic heterocycles. The monoisotopic (exact) mass is 362 g/mol. The molecule has 2 N–H and O–H groups in total. The van der Waals surface area contributed by atoms with Gasteiger partial charge >= 0.3 is 0 Å². The Balaban J connectivity index is 1.37. The standard InChI is InChI=1S/C20H18N4O3/c1-13-4-2-3-5-15(13)22-20(25)16-7-9-19(24-23-16)21-11-14-6-8-17-18(10-14)27-12-26-17/h2-10H,11-12H2,1H3,(H,21,24)(H,22,25). The van der Waals surface area contributed by atoms with Gasteiger partial charge in [-0.25, -0.2) is 0 Å². The van der Waals surface area contributed by atoms with Gasteiger partial charge in [0.2, 0.25) is 6.79 Å². The van der Waals surface area contributed by atoms with Crippen LogP contribution in [0.1, 0.15) is 21.6 Å². The SMILES string of the molecule is Cc1ccccc1NC(=O)c1ccc(NCc2ccc3c(c2)OCO3)nn1. The van der Waals surface area contributed by atoms with Crippen LogP contribution in [0.2, 0.25) is 0 Å². The van der Waals surface area contributed by atoms with E-state index in [1.165, 1.54) is 0 Å². The van der Waals surface area contributed by atoms with Gasteiger partial charge in [-0.1, -0.05) is 24.3 Å². The summed E-state index contributed by atoms with van der Waals surface area (Å²) in [6, 6.07) is 16.7. The minimum Gasteiger partial charge on any atom is -0.454 e. The second kappa shape index (κ2) is 7.33. The van der Waals surface area contributed by atoms with E-state index in [4.69, 9.17) is 9.47 Å². The zero-order valence-electron chi connectivity index (χ0n) is 14.7. The van der Waals surface area contributed by atoms with Crippen molar-refractivity contribution in [3.63, 3.8) is 0 Å². The topological polar surface area (TPSA) is 85.4 Å². The Labute approximate surface area is 156 Å². The van der Waals surface area contributed by atoms with Crippen LogP contribution in [0.3, 0.4) is 0 Å². The van der Waals surface area contributed by atoms with Crippen LogP contribution in [-0.4, -0.2) is 22.9 Å². The van der Waals surface area contributed by atoms with Crippen LogP contribution in [0.25, 0.3) is 0 Å². The molecule has 1 amide bonds. The molecule has 0 aliphatic carbocycles. The summed E-state index contributed by atoms with van der Waals surface area (Å²) in [4.78, 5) is 12.3. The molecule has 27 heavy (non-hydrogen) atoms. The quantitative estimate of drug-likeness (QED) is 0.724. The first-order valence-corrected chi connectivity index (χ1v) is 8.52. The lowest BCUT2D eigenvalue weighted by Gasteiger charge is -2.08. The van der Waals surface area contributed by atoms with E-state index in [0.717, 1.165) is 28.3 Å². The van der Waals surface area contributed by atoms with E-state index in [-0.39, 0.29) is 18.4 Å². The molecule has 4 rings (SSSR count). The molecule has 7 heteroatoms. The molecule has 0 bridgehead atoms. The number of fused-ring (bicyclic) bond motifs is 1. The number of carbonyl (C=O) groups excluding carboxylic acids is 1. The van der Waals surface area contributed by atoms with Crippen molar-refractivity contribution in [1.29, 1.82) is 0 Å². The molecule has 0 unspecified atom stereocenters. The van der Waals surface area contributed by atoms with Crippen LogP contribution in [0.4, 0.5) is 11.5 Å². The van der Waals surface area contributed by atoms with Crippen molar-refractivity contribution < 1.29 is 14.3 Å². The molecule has 0 saturated carbocycles. The van der Waals surface area contributed by atoms with Crippen molar-refractivity contribution in [3.8, 4) is 11.5 Å². The highest BCUT2D eigenvalue weighted by Crippen LogP contribution is 2.32. The fraction of sp³-hybridized carbons (Fsp3) is 0.150. The molecule has 3 aromatic rings. The van der Waals surface area contributed by atoms with Gasteiger partial charge in [-0.2, -0.15) is 0 Å². The van der Waals surface area contributed by atoms with Crippen LogP contribution in [0.15, 0.2) is 54.6 Å². The van der Waals surface area contributed by atoms with Crippen molar-refractivity contribution in [1.82, 2.24) is 10.2 Å². The van der Waals surface area contributed by atoms with Gasteiger partial charge in [0.15, 0.2) is 17.2 Å². The third-order valence-electron chi connectivity index (χ3n) is 4.20. The van der Waals surface area contributed by atoms with Crippen molar-refractivity contribution in [2.24, 2.45) is 0 Å². The number of hydrogen-bond acceptors (Lipinski definition) is 6. The van der Waals surface area contributed by atoms with Crippen LogP contribution in [0.5, 0.6) is 11.5 Å². The lowest BCUT2D eigenvalue weighted by Crippen LogP contribution is -2.15. The number of anilines is 2. The molecule has 0 atom stereocenters. The van der Waals surface area contributed by atoms with E-state index in [1.807, 2.05) is 49.4 Å². The number of ether oxygens (including phenoxy) is 2. The summed E-state index contributed by atoms with van der Waals surface area (Å²) in [6.07, 6.45) is 0. The number of nitrogens with one attached hydrogen (secondary N) is 2. The van der Waals surface area contributed by atoms with Gasteiger partial charge in [0, 0.05) is 12.2 Å². The fourth-order valence-electron chi connectivity index (χ4n) is 2.69. The van der Waals surface area contributed by atoms with E-state index >= 15 is 0 Å². The Morgan fingerprint density at radius 3 is 2.70 bits per heavy atom. The predicted octanol–water partition coefficient (Wildman–Crippen LogP) is 3.38. The Bertz CT molecular complexity index is 973. The Morgan fingerprint density at radius 2 is 1.89 bits per heavy atom. The van der Waals surface area contributed by atoms with E-state index < -0.39 is 0 Å². The zero-order valence-corrected chi connectivity index (χ0v) is 14.7. The first-order valence-electron chi connectivity index (χ1n) is 8.52. The largest absolute Gasteiger partial charge is 0.454 e. The van der Waals surface area contributed by atoms with Crippen molar-refractivity contribution in [2.45, 2.75) is 13.5 Å². The van der Waals surface area contributed by atoms with Crippen LogP contribution < -0.4 is 20.1 Å². The van der Waals surface area contributed by atoms with Crippen molar-refractivity contribution in [2.75, 3.05) is 17.4 Å². The highest BCUT2D eigenvalue weighted by atomic mass is 16.7. The second-order valence-corrected chi connectivity index (χ2v) is 6.11. The second-order valence-electron chi connectivity index (χ2n) is 6.11. The number of rotatable bonds is 5.